The number of benzene rings is 4. The van der Waals surface area contributed by atoms with Gasteiger partial charge in [0, 0.05) is 0 Å². The molecule has 98 valence electrons. The molecule has 0 saturated heterocycles. The number of hydrogen-bond donors (Lipinski definition) is 0. The van der Waals surface area contributed by atoms with Gasteiger partial charge >= 0.3 is 0 Å². The van der Waals surface area contributed by atoms with Crippen LogP contribution in [0.3, 0.4) is 0 Å². The Kier molecular flexibility index (Phi) is 2.09. The minimum Gasteiger partial charge on any atom is -0.0619 e. The average Bonchev–Trinajstić information content (AvgIpc) is 2.55. The molecule has 0 bridgehead atoms. The normalized spacial score (nSPS) is 12.6. The third-order valence-corrected chi connectivity index (χ3v) is 4.66. The van der Waals surface area contributed by atoms with E-state index in [1.807, 2.05) is 0 Å². The molecule has 21 heavy (non-hydrogen) atoms. The fourth-order valence-corrected chi connectivity index (χ4v) is 3.74. The van der Waals surface area contributed by atoms with E-state index in [9.17, 15) is 0 Å². The second-order valence-corrected chi connectivity index (χ2v) is 5.82. The Labute approximate surface area is 123 Å². The van der Waals surface area contributed by atoms with E-state index in [2.05, 4.69) is 72.8 Å². The Morgan fingerprint density at radius 3 is 2.33 bits per heavy atom. The fraction of sp³-hybridized carbons (Fsp3) is 0.0476. The lowest BCUT2D eigenvalue weighted by Gasteiger charge is -2.22. The molecule has 0 radical (unpaired) electrons. The summed E-state index contributed by atoms with van der Waals surface area (Å²) in [6.07, 6.45) is 1.04. The minimum atomic E-state index is 1.04. The summed E-state index contributed by atoms with van der Waals surface area (Å²) in [6, 6.07) is 26.6. The highest BCUT2D eigenvalue weighted by Crippen LogP contribution is 2.42. The van der Waals surface area contributed by atoms with Crippen LogP contribution in [0.25, 0.3) is 32.7 Å². The van der Waals surface area contributed by atoms with E-state index in [0.29, 0.717) is 0 Å². The second-order valence-electron chi connectivity index (χ2n) is 5.82. The first-order chi connectivity index (χ1) is 10.4. The molecule has 0 heteroatoms. The summed E-state index contributed by atoms with van der Waals surface area (Å²) >= 11 is 0. The molecule has 0 atom stereocenters. The van der Waals surface area contributed by atoms with E-state index < -0.39 is 0 Å². The molecule has 5 rings (SSSR count). The van der Waals surface area contributed by atoms with Crippen molar-refractivity contribution in [1.82, 2.24) is 0 Å². The lowest BCUT2D eigenvalue weighted by Crippen LogP contribution is -2.01. The molecule has 0 heterocycles. The summed E-state index contributed by atoms with van der Waals surface area (Å²) < 4.78 is 0. The van der Waals surface area contributed by atoms with Crippen molar-refractivity contribution in [2.24, 2.45) is 0 Å². The zero-order valence-electron chi connectivity index (χ0n) is 11.6. The van der Waals surface area contributed by atoms with Crippen LogP contribution >= 0.6 is 0 Å². The quantitative estimate of drug-likeness (QED) is 0.322. The van der Waals surface area contributed by atoms with E-state index in [0.717, 1.165) is 6.42 Å². The van der Waals surface area contributed by atoms with Crippen molar-refractivity contribution in [2.45, 2.75) is 6.42 Å². The molecule has 4 aromatic carbocycles. The first-order valence-electron chi connectivity index (χ1n) is 7.43. The summed E-state index contributed by atoms with van der Waals surface area (Å²) in [6.45, 7) is 0. The largest absolute Gasteiger partial charge is 0.0619 e. The summed E-state index contributed by atoms with van der Waals surface area (Å²) in [4.78, 5) is 0. The Morgan fingerprint density at radius 2 is 1.33 bits per heavy atom. The van der Waals surface area contributed by atoms with Crippen molar-refractivity contribution >= 4 is 21.5 Å². The van der Waals surface area contributed by atoms with Crippen LogP contribution in [0.5, 0.6) is 0 Å². The maximum absolute atomic E-state index is 2.36. The monoisotopic (exact) mass is 266 g/mol. The molecular formula is C21H14. The maximum atomic E-state index is 2.36. The predicted octanol–water partition coefficient (Wildman–Crippen LogP) is 5.56. The van der Waals surface area contributed by atoms with E-state index >= 15 is 0 Å². The van der Waals surface area contributed by atoms with Gasteiger partial charge in [-0.3, -0.25) is 0 Å². The summed E-state index contributed by atoms with van der Waals surface area (Å²) in [5, 5.41) is 5.51. The number of hydrogen-bond acceptors (Lipinski definition) is 0. The van der Waals surface area contributed by atoms with Crippen molar-refractivity contribution in [3.8, 4) is 11.1 Å². The van der Waals surface area contributed by atoms with Crippen LogP contribution in [0, 0.1) is 0 Å². The van der Waals surface area contributed by atoms with Crippen molar-refractivity contribution < 1.29 is 0 Å². The van der Waals surface area contributed by atoms with Crippen LogP contribution in [-0.4, -0.2) is 0 Å². The molecule has 0 saturated carbocycles. The summed E-state index contributed by atoms with van der Waals surface area (Å²) in [7, 11) is 0. The highest BCUT2D eigenvalue weighted by atomic mass is 14.2. The Hall–Kier alpha value is -2.60. The smallest absolute Gasteiger partial charge is 0.00132 e. The summed E-state index contributed by atoms with van der Waals surface area (Å²) in [5.74, 6) is 0. The molecule has 0 aliphatic heterocycles. The highest BCUT2D eigenvalue weighted by molar-refractivity contribution is 6.15. The molecule has 1 aliphatic rings. The van der Waals surface area contributed by atoms with Crippen LogP contribution in [0.4, 0.5) is 0 Å². The van der Waals surface area contributed by atoms with E-state index in [1.54, 1.807) is 0 Å². The highest BCUT2D eigenvalue weighted by Gasteiger charge is 2.18. The van der Waals surface area contributed by atoms with Crippen LogP contribution < -0.4 is 0 Å². The van der Waals surface area contributed by atoms with Gasteiger partial charge in [0.1, 0.15) is 0 Å². The topological polar surface area (TPSA) is 0 Å². The van der Waals surface area contributed by atoms with Gasteiger partial charge in [-0.2, -0.15) is 0 Å². The molecule has 0 spiro atoms. The van der Waals surface area contributed by atoms with Gasteiger partial charge in [0.2, 0.25) is 0 Å². The SMILES string of the molecule is c1ccc2c(c1)Cc1cccc3c1c-2cc1ccccc13. The molecule has 0 unspecified atom stereocenters. The molecular weight excluding hydrogens is 252 g/mol. The molecule has 4 aromatic rings. The second kappa shape index (κ2) is 3.95. The van der Waals surface area contributed by atoms with Gasteiger partial charge in [-0.05, 0) is 56.3 Å². The molecule has 0 N–H and O–H groups in total. The molecule has 0 fully saturated rings. The van der Waals surface area contributed by atoms with Gasteiger partial charge in [-0.25, -0.2) is 0 Å². The van der Waals surface area contributed by atoms with Gasteiger partial charge in [-0.1, -0.05) is 66.7 Å². The van der Waals surface area contributed by atoms with Gasteiger partial charge in [0.05, 0.1) is 0 Å². The van der Waals surface area contributed by atoms with E-state index in [4.69, 9.17) is 0 Å². The Balaban J connectivity index is 2.07. The lowest BCUT2D eigenvalue weighted by molar-refractivity contribution is 1.20. The zero-order chi connectivity index (χ0) is 13.8. The Morgan fingerprint density at radius 1 is 0.571 bits per heavy atom. The third-order valence-electron chi connectivity index (χ3n) is 4.66. The minimum absolute atomic E-state index is 1.04. The van der Waals surface area contributed by atoms with Crippen LogP contribution in [-0.2, 0) is 6.42 Å². The van der Waals surface area contributed by atoms with Crippen molar-refractivity contribution in [1.29, 1.82) is 0 Å². The fourth-order valence-electron chi connectivity index (χ4n) is 3.74. The number of rotatable bonds is 0. The van der Waals surface area contributed by atoms with Crippen molar-refractivity contribution in [3.05, 3.63) is 83.9 Å². The van der Waals surface area contributed by atoms with Crippen LogP contribution in [0.1, 0.15) is 11.1 Å². The first kappa shape index (κ1) is 11.1. The summed E-state index contributed by atoms with van der Waals surface area (Å²) in [5.41, 5.74) is 5.67. The van der Waals surface area contributed by atoms with Crippen molar-refractivity contribution in [2.75, 3.05) is 0 Å². The van der Waals surface area contributed by atoms with E-state index in [-0.39, 0.29) is 0 Å². The van der Waals surface area contributed by atoms with Gasteiger partial charge in [0.15, 0.2) is 0 Å². The molecule has 0 aromatic heterocycles. The third kappa shape index (κ3) is 1.45. The maximum Gasteiger partial charge on any atom is -0.00132 e. The first-order valence-corrected chi connectivity index (χ1v) is 7.43. The van der Waals surface area contributed by atoms with Gasteiger partial charge in [0.25, 0.3) is 0 Å². The van der Waals surface area contributed by atoms with Gasteiger partial charge in [-0.15, -0.1) is 0 Å². The van der Waals surface area contributed by atoms with Crippen LogP contribution in [0.15, 0.2) is 72.8 Å². The Bertz CT molecular complexity index is 1010. The van der Waals surface area contributed by atoms with E-state index in [1.165, 1.54) is 43.8 Å². The van der Waals surface area contributed by atoms with Crippen LogP contribution in [0.2, 0.25) is 0 Å². The molecule has 0 nitrogen and oxygen atoms in total. The molecule has 1 aliphatic carbocycles. The van der Waals surface area contributed by atoms with Gasteiger partial charge < -0.3 is 0 Å². The standard InChI is InChI=1S/C21H14/c1-4-10-18-14(6-1)12-16-8-5-11-19-17-9-3-2-7-15(17)13-20(18)21(16)19/h1-11,13H,12H2. The lowest BCUT2D eigenvalue weighted by atomic mass is 9.82. The zero-order valence-corrected chi connectivity index (χ0v) is 11.6. The average molecular weight is 266 g/mol. The number of fused-ring (bicyclic) bond motifs is 4. The van der Waals surface area contributed by atoms with Crippen molar-refractivity contribution in [3.63, 3.8) is 0 Å². The predicted molar refractivity (Wildman–Crippen MR) is 89.7 cm³/mol. The molecule has 0 amide bonds.